The number of rotatable bonds is 7. The Morgan fingerprint density at radius 3 is 2.65 bits per heavy atom. The first-order valence-electron chi connectivity index (χ1n) is 10.9. The lowest BCUT2D eigenvalue weighted by atomic mass is 10.1. The van der Waals surface area contributed by atoms with Crippen molar-refractivity contribution in [1.82, 2.24) is 15.0 Å². The monoisotopic (exact) mass is 477 g/mol. The fourth-order valence-corrected chi connectivity index (χ4v) is 3.93. The third kappa shape index (κ3) is 5.24. The molecule has 1 aliphatic heterocycles. The van der Waals surface area contributed by atoms with E-state index in [1.54, 1.807) is 26.2 Å². The van der Waals surface area contributed by atoms with E-state index in [2.05, 4.69) is 20.3 Å². The molecule has 0 amide bonds. The highest BCUT2D eigenvalue weighted by atomic mass is 19.4. The lowest BCUT2D eigenvalue weighted by molar-refractivity contribution is -0.137. The summed E-state index contributed by atoms with van der Waals surface area (Å²) >= 11 is 0. The van der Waals surface area contributed by atoms with Crippen LogP contribution in [0.3, 0.4) is 0 Å². The summed E-state index contributed by atoms with van der Waals surface area (Å²) in [6, 6.07) is 5.27. The molecule has 0 aliphatic carbocycles. The number of alkyl halides is 3. The number of hydrogen-bond acceptors (Lipinski definition) is 8. The minimum Gasteiger partial charge on any atom is -0.493 e. The van der Waals surface area contributed by atoms with Gasteiger partial charge < -0.3 is 25.3 Å². The smallest absolute Gasteiger partial charge is 0.416 e. The van der Waals surface area contributed by atoms with Gasteiger partial charge in [-0.3, -0.25) is 0 Å². The maximum atomic E-state index is 13.1. The zero-order valence-corrected chi connectivity index (χ0v) is 19.1. The van der Waals surface area contributed by atoms with Crippen molar-refractivity contribution >= 4 is 22.5 Å². The van der Waals surface area contributed by atoms with Crippen molar-refractivity contribution < 1.29 is 27.4 Å². The number of nitrogen functional groups attached to an aromatic ring is 1. The van der Waals surface area contributed by atoms with Gasteiger partial charge in [0.15, 0.2) is 11.5 Å². The second-order valence-corrected chi connectivity index (χ2v) is 8.14. The fraction of sp³-hybridized carbons (Fsp3) is 0.435. The Labute approximate surface area is 194 Å². The summed E-state index contributed by atoms with van der Waals surface area (Å²) in [6.45, 7) is 4.35. The second-order valence-electron chi connectivity index (χ2n) is 8.14. The Morgan fingerprint density at radius 2 is 1.97 bits per heavy atom. The number of nitrogens with one attached hydrogen (secondary N) is 1. The maximum Gasteiger partial charge on any atom is 0.416 e. The third-order valence-electron chi connectivity index (χ3n) is 5.56. The van der Waals surface area contributed by atoms with Crippen LogP contribution < -0.4 is 20.5 Å². The molecule has 11 heteroatoms. The Balaban J connectivity index is 1.65. The summed E-state index contributed by atoms with van der Waals surface area (Å²) in [5, 5.41) is 3.69. The van der Waals surface area contributed by atoms with Gasteiger partial charge in [0.05, 0.1) is 36.5 Å². The average molecular weight is 477 g/mol. The number of ether oxygens (including phenoxy) is 3. The first-order chi connectivity index (χ1) is 16.1. The van der Waals surface area contributed by atoms with Crippen LogP contribution in [0, 0.1) is 6.92 Å². The van der Waals surface area contributed by atoms with E-state index in [0.29, 0.717) is 40.7 Å². The molecule has 1 aromatic carbocycles. The van der Waals surface area contributed by atoms with E-state index in [1.165, 1.54) is 0 Å². The Bertz CT molecular complexity index is 1180. The van der Waals surface area contributed by atoms with E-state index in [4.69, 9.17) is 19.9 Å². The average Bonchev–Trinajstić information content (AvgIpc) is 3.31. The van der Waals surface area contributed by atoms with Crippen LogP contribution in [0.25, 0.3) is 10.9 Å². The quantitative estimate of drug-likeness (QED) is 0.513. The Kier molecular flexibility index (Phi) is 6.65. The van der Waals surface area contributed by atoms with Gasteiger partial charge in [-0.1, -0.05) is 0 Å². The minimum atomic E-state index is -4.52. The fourth-order valence-electron chi connectivity index (χ4n) is 3.93. The zero-order chi connectivity index (χ0) is 24.5. The number of nitrogens with two attached hydrogens (primary N) is 1. The van der Waals surface area contributed by atoms with Crippen molar-refractivity contribution in [1.29, 1.82) is 0 Å². The molecule has 182 valence electrons. The van der Waals surface area contributed by atoms with Crippen molar-refractivity contribution in [3.8, 4) is 11.5 Å². The Morgan fingerprint density at radius 1 is 1.18 bits per heavy atom. The van der Waals surface area contributed by atoms with Crippen LogP contribution in [-0.4, -0.2) is 40.9 Å². The molecule has 0 spiro atoms. The number of pyridine rings is 1. The summed E-state index contributed by atoms with van der Waals surface area (Å²) in [5.74, 6) is 1.70. The normalized spacial score (nSPS) is 17.1. The number of nitrogens with zero attached hydrogens (tertiary/aromatic N) is 3. The Hall–Kier alpha value is -3.34. The molecule has 1 saturated heterocycles. The number of aryl methyl sites for hydroxylation is 1. The summed E-state index contributed by atoms with van der Waals surface area (Å²) in [6.07, 6.45) is -2.83. The lowest BCUT2D eigenvalue weighted by Gasteiger charge is -2.22. The van der Waals surface area contributed by atoms with Crippen LogP contribution in [0.5, 0.6) is 11.5 Å². The first kappa shape index (κ1) is 23.8. The zero-order valence-electron chi connectivity index (χ0n) is 19.1. The topological polar surface area (TPSA) is 104 Å². The number of methoxy groups -OCH3 is 1. The van der Waals surface area contributed by atoms with Gasteiger partial charge in [-0.15, -0.1) is 0 Å². The van der Waals surface area contributed by atoms with Crippen molar-refractivity contribution in [3.63, 3.8) is 0 Å². The first-order valence-corrected chi connectivity index (χ1v) is 10.9. The SMILES string of the molecule is COc1cc2nc(C)nc(NCc3cc(C(F)(F)F)cc(N)n3)c2cc1OC(C)[C@@H]1CCCO1. The molecule has 1 fully saturated rings. The standard InChI is InChI=1S/C23H26F3N5O3/c1-12(18-5-4-6-33-18)34-20-9-16-17(10-19(20)32-3)29-13(2)30-22(16)28-11-15-7-14(23(24,25)26)8-21(27)31-15/h7-10,12,18H,4-6,11H2,1-3H3,(H2,27,31)(H,28,29,30)/t12?,18-/m0/s1. The molecule has 4 rings (SSSR count). The predicted octanol–water partition coefficient (Wildman–Crippen LogP) is 4.50. The van der Waals surface area contributed by atoms with Crippen LogP contribution >= 0.6 is 0 Å². The molecule has 3 aromatic rings. The molecule has 1 unspecified atom stereocenters. The van der Waals surface area contributed by atoms with Crippen molar-refractivity contribution in [2.45, 2.75) is 51.6 Å². The molecule has 1 aliphatic rings. The summed E-state index contributed by atoms with van der Waals surface area (Å²) in [4.78, 5) is 12.9. The molecule has 0 radical (unpaired) electrons. The van der Waals surface area contributed by atoms with Gasteiger partial charge in [0, 0.05) is 18.1 Å². The molecule has 2 atom stereocenters. The predicted molar refractivity (Wildman–Crippen MR) is 121 cm³/mol. The molecular weight excluding hydrogens is 451 g/mol. The van der Waals surface area contributed by atoms with Gasteiger partial charge in [-0.25, -0.2) is 15.0 Å². The van der Waals surface area contributed by atoms with Gasteiger partial charge in [0.1, 0.15) is 23.6 Å². The molecule has 2 aromatic heterocycles. The summed E-state index contributed by atoms with van der Waals surface area (Å²) in [7, 11) is 1.54. The molecule has 3 heterocycles. The van der Waals surface area contributed by atoms with E-state index in [1.807, 2.05) is 6.92 Å². The number of aromatic nitrogens is 3. The van der Waals surface area contributed by atoms with E-state index < -0.39 is 11.7 Å². The number of anilines is 2. The van der Waals surface area contributed by atoms with Gasteiger partial charge in [-0.2, -0.15) is 13.2 Å². The minimum absolute atomic E-state index is 0.00953. The van der Waals surface area contributed by atoms with Gasteiger partial charge >= 0.3 is 6.18 Å². The largest absolute Gasteiger partial charge is 0.493 e. The van der Waals surface area contributed by atoms with Gasteiger partial charge in [0.2, 0.25) is 0 Å². The molecule has 0 saturated carbocycles. The molecule has 0 bridgehead atoms. The number of fused-ring (bicyclic) bond motifs is 1. The van der Waals surface area contributed by atoms with Crippen LogP contribution in [0.4, 0.5) is 24.8 Å². The van der Waals surface area contributed by atoms with E-state index in [9.17, 15) is 13.2 Å². The van der Waals surface area contributed by atoms with Gasteiger partial charge in [-0.05, 0) is 44.9 Å². The highest BCUT2D eigenvalue weighted by molar-refractivity contribution is 5.91. The highest BCUT2D eigenvalue weighted by Crippen LogP contribution is 2.36. The van der Waals surface area contributed by atoms with E-state index >= 15 is 0 Å². The van der Waals surface area contributed by atoms with Crippen LogP contribution in [-0.2, 0) is 17.5 Å². The second kappa shape index (κ2) is 9.49. The molecule has 34 heavy (non-hydrogen) atoms. The molecule has 3 N–H and O–H groups in total. The number of hydrogen-bond donors (Lipinski definition) is 2. The van der Waals surface area contributed by atoms with Crippen molar-refractivity contribution in [2.75, 3.05) is 24.8 Å². The summed E-state index contributed by atoms with van der Waals surface area (Å²) in [5.41, 5.74) is 5.46. The summed E-state index contributed by atoms with van der Waals surface area (Å²) < 4.78 is 56.8. The number of halogens is 3. The molecular formula is C23H26F3N5O3. The lowest BCUT2D eigenvalue weighted by Crippen LogP contribution is -2.28. The van der Waals surface area contributed by atoms with Crippen LogP contribution in [0.2, 0.25) is 0 Å². The van der Waals surface area contributed by atoms with E-state index in [0.717, 1.165) is 25.0 Å². The third-order valence-corrected chi connectivity index (χ3v) is 5.56. The van der Waals surface area contributed by atoms with E-state index in [-0.39, 0.29) is 30.3 Å². The van der Waals surface area contributed by atoms with Crippen LogP contribution in [0.15, 0.2) is 24.3 Å². The highest BCUT2D eigenvalue weighted by Gasteiger charge is 2.31. The number of benzene rings is 1. The van der Waals surface area contributed by atoms with Crippen molar-refractivity contribution in [2.24, 2.45) is 0 Å². The maximum absolute atomic E-state index is 13.1. The molecule has 8 nitrogen and oxygen atoms in total. The van der Waals surface area contributed by atoms with Crippen LogP contribution in [0.1, 0.15) is 36.8 Å². The van der Waals surface area contributed by atoms with Gasteiger partial charge in [0.25, 0.3) is 0 Å². The van der Waals surface area contributed by atoms with Crippen molar-refractivity contribution in [3.05, 3.63) is 41.3 Å².